The number of nitrogens with one attached hydrogen (secondary N) is 1. The molecule has 2 rings (SSSR count). The van der Waals surface area contributed by atoms with Crippen molar-refractivity contribution in [1.82, 2.24) is 0 Å². The van der Waals surface area contributed by atoms with Crippen molar-refractivity contribution >= 4 is 11.6 Å². The first-order chi connectivity index (χ1) is 9.56. The van der Waals surface area contributed by atoms with Crippen molar-refractivity contribution in [3.63, 3.8) is 0 Å². The zero-order chi connectivity index (χ0) is 14.5. The van der Waals surface area contributed by atoms with Crippen LogP contribution in [0.2, 0.25) is 0 Å². The second-order valence-electron chi connectivity index (χ2n) is 4.50. The number of anilines is 1. The highest BCUT2D eigenvalue weighted by Gasteiger charge is 2.09. The van der Waals surface area contributed by atoms with Crippen LogP contribution >= 0.6 is 0 Å². The maximum atomic E-state index is 11.7. The number of amides is 1. The third kappa shape index (κ3) is 3.47. The summed E-state index contributed by atoms with van der Waals surface area (Å²) in [7, 11) is 0. The lowest BCUT2D eigenvalue weighted by Crippen LogP contribution is -2.30. The summed E-state index contributed by atoms with van der Waals surface area (Å²) in [6.45, 7) is 3.78. The monoisotopic (exact) mass is 272 g/mol. The van der Waals surface area contributed by atoms with E-state index in [-0.39, 0.29) is 18.4 Å². The Bertz CT molecular complexity index is 626. The molecule has 0 bridgehead atoms. The molecule has 1 amide bonds. The number of pyridine rings is 1. The second kappa shape index (κ2) is 6.06. The molecule has 5 nitrogen and oxygen atoms in total. The number of aromatic nitrogens is 1. The van der Waals surface area contributed by atoms with Crippen LogP contribution in [0.3, 0.4) is 0 Å². The van der Waals surface area contributed by atoms with Crippen molar-refractivity contribution in [3.05, 3.63) is 58.9 Å². The zero-order valence-corrected chi connectivity index (χ0v) is 11.4. The van der Waals surface area contributed by atoms with Crippen molar-refractivity contribution in [2.75, 3.05) is 11.9 Å². The molecule has 1 N–H and O–H groups in total. The van der Waals surface area contributed by atoms with E-state index in [0.29, 0.717) is 10.4 Å². The van der Waals surface area contributed by atoms with Gasteiger partial charge in [0.05, 0.1) is 6.07 Å². The summed E-state index contributed by atoms with van der Waals surface area (Å²) in [5, 5.41) is 14.1. The summed E-state index contributed by atoms with van der Waals surface area (Å²) in [5.74, 6) is -0.208. The minimum atomic E-state index is -0.308. The lowest BCUT2D eigenvalue weighted by Gasteiger charge is -2.08. The first-order valence-electron chi connectivity index (χ1n) is 6.24. The third-order valence-electron chi connectivity index (χ3n) is 2.93. The standard InChI is InChI=1S/C15H16N2O3/c1-11-6-7-13(9-12(11)2)16-14(18)10-20-15-5-3-4-8-17(15)19/h3-9H,10H2,1-2H3,(H,16,18). The van der Waals surface area contributed by atoms with Crippen LogP contribution in [-0.2, 0) is 4.79 Å². The van der Waals surface area contributed by atoms with Crippen LogP contribution in [0.1, 0.15) is 11.1 Å². The van der Waals surface area contributed by atoms with Crippen LogP contribution in [0.4, 0.5) is 5.69 Å². The molecule has 0 saturated heterocycles. The molecule has 104 valence electrons. The molecule has 1 heterocycles. The zero-order valence-electron chi connectivity index (χ0n) is 11.4. The highest BCUT2D eigenvalue weighted by Crippen LogP contribution is 2.14. The number of ether oxygens (including phenoxy) is 1. The van der Waals surface area contributed by atoms with Crippen LogP contribution in [0.5, 0.6) is 5.88 Å². The molecule has 5 heteroatoms. The number of rotatable bonds is 4. The van der Waals surface area contributed by atoms with Gasteiger partial charge in [-0.15, -0.1) is 4.73 Å². The van der Waals surface area contributed by atoms with E-state index in [2.05, 4.69) is 5.32 Å². The molecule has 0 radical (unpaired) electrons. The molecule has 0 atom stereocenters. The van der Waals surface area contributed by atoms with Gasteiger partial charge in [0.1, 0.15) is 0 Å². The van der Waals surface area contributed by atoms with Crippen LogP contribution < -0.4 is 14.8 Å². The number of aryl methyl sites for hydroxylation is 2. The molecule has 20 heavy (non-hydrogen) atoms. The smallest absolute Gasteiger partial charge is 0.379 e. The summed E-state index contributed by atoms with van der Waals surface area (Å²) in [4.78, 5) is 11.7. The van der Waals surface area contributed by atoms with Gasteiger partial charge in [-0.1, -0.05) is 6.07 Å². The Balaban J connectivity index is 1.93. The van der Waals surface area contributed by atoms with Crippen LogP contribution in [-0.4, -0.2) is 12.5 Å². The summed E-state index contributed by atoms with van der Waals surface area (Å²) >= 11 is 0. The Hall–Kier alpha value is -2.56. The fraction of sp³-hybridized carbons (Fsp3) is 0.200. The second-order valence-corrected chi connectivity index (χ2v) is 4.50. The Morgan fingerprint density at radius 3 is 2.75 bits per heavy atom. The number of nitrogens with zero attached hydrogens (tertiary/aromatic N) is 1. The van der Waals surface area contributed by atoms with Gasteiger partial charge in [0.2, 0.25) is 0 Å². The van der Waals surface area contributed by atoms with E-state index in [9.17, 15) is 10.0 Å². The SMILES string of the molecule is Cc1ccc(NC(=O)COc2cccc[n+]2[O-])cc1C. The van der Waals surface area contributed by atoms with Crippen molar-refractivity contribution < 1.29 is 14.3 Å². The van der Waals surface area contributed by atoms with Gasteiger partial charge in [-0.25, -0.2) is 0 Å². The number of hydrogen-bond acceptors (Lipinski definition) is 3. The summed E-state index contributed by atoms with van der Waals surface area (Å²) < 4.78 is 5.74. The number of benzene rings is 1. The first-order valence-corrected chi connectivity index (χ1v) is 6.24. The van der Waals surface area contributed by atoms with E-state index in [0.717, 1.165) is 11.1 Å². The van der Waals surface area contributed by atoms with E-state index >= 15 is 0 Å². The van der Waals surface area contributed by atoms with E-state index < -0.39 is 0 Å². The van der Waals surface area contributed by atoms with Crippen LogP contribution in [0, 0.1) is 19.1 Å². The first kappa shape index (κ1) is 13.9. The fourth-order valence-electron chi connectivity index (χ4n) is 1.68. The van der Waals surface area contributed by atoms with E-state index in [1.807, 2.05) is 32.0 Å². The van der Waals surface area contributed by atoms with Gasteiger partial charge < -0.3 is 15.3 Å². The minimum Gasteiger partial charge on any atom is -0.616 e. The van der Waals surface area contributed by atoms with Crippen molar-refractivity contribution in [1.29, 1.82) is 0 Å². The number of carbonyl (C=O) groups excluding carboxylic acids is 1. The minimum absolute atomic E-state index is 0.0998. The Labute approximate surface area is 117 Å². The van der Waals surface area contributed by atoms with E-state index in [1.165, 1.54) is 12.3 Å². The highest BCUT2D eigenvalue weighted by atomic mass is 16.6. The lowest BCUT2D eigenvalue weighted by atomic mass is 10.1. The molecule has 2 aromatic rings. The predicted octanol–water partition coefficient (Wildman–Crippen LogP) is 1.95. The lowest BCUT2D eigenvalue weighted by molar-refractivity contribution is -0.612. The average Bonchev–Trinajstić information content (AvgIpc) is 2.42. The average molecular weight is 272 g/mol. The van der Waals surface area contributed by atoms with E-state index in [1.54, 1.807) is 12.1 Å². The summed E-state index contributed by atoms with van der Waals surface area (Å²) in [6.07, 6.45) is 1.32. The molecule has 0 fully saturated rings. The van der Waals surface area contributed by atoms with Gasteiger partial charge in [-0.2, -0.15) is 0 Å². The van der Waals surface area contributed by atoms with E-state index in [4.69, 9.17) is 4.74 Å². The Morgan fingerprint density at radius 2 is 2.05 bits per heavy atom. The van der Waals surface area contributed by atoms with Gasteiger partial charge in [-0.05, 0) is 43.2 Å². The predicted molar refractivity (Wildman–Crippen MR) is 75.4 cm³/mol. The maximum absolute atomic E-state index is 11.7. The number of hydrogen-bond donors (Lipinski definition) is 1. The topological polar surface area (TPSA) is 65.3 Å². The Kier molecular flexibility index (Phi) is 4.20. The third-order valence-corrected chi connectivity index (χ3v) is 2.93. The molecule has 0 aliphatic heterocycles. The quantitative estimate of drug-likeness (QED) is 0.683. The molecule has 1 aromatic carbocycles. The molecule has 0 aliphatic rings. The van der Waals surface area contributed by atoms with Gasteiger partial charge in [0.15, 0.2) is 12.8 Å². The largest absolute Gasteiger partial charge is 0.616 e. The summed E-state index contributed by atoms with van der Waals surface area (Å²) in [6, 6.07) is 10.4. The molecule has 0 saturated carbocycles. The molecule has 1 aromatic heterocycles. The van der Waals surface area contributed by atoms with Crippen molar-refractivity contribution in [3.8, 4) is 5.88 Å². The fourth-order valence-corrected chi connectivity index (χ4v) is 1.68. The maximum Gasteiger partial charge on any atom is 0.379 e. The van der Waals surface area contributed by atoms with Crippen molar-refractivity contribution in [2.24, 2.45) is 0 Å². The molecule has 0 unspecified atom stereocenters. The van der Waals surface area contributed by atoms with Crippen LogP contribution in [0.25, 0.3) is 0 Å². The van der Waals surface area contributed by atoms with Gasteiger partial charge in [-0.3, -0.25) is 4.79 Å². The Morgan fingerprint density at radius 1 is 1.25 bits per heavy atom. The molecular weight excluding hydrogens is 256 g/mol. The highest BCUT2D eigenvalue weighted by molar-refractivity contribution is 5.91. The summed E-state index contributed by atoms with van der Waals surface area (Å²) in [5.41, 5.74) is 2.98. The van der Waals surface area contributed by atoms with Gasteiger partial charge in [0.25, 0.3) is 5.91 Å². The van der Waals surface area contributed by atoms with Gasteiger partial charge >= 0.3 is 5.88 Å². The molecule has 0 spiro atoms. The van der Waals surface area contributed by atoms with Crippen molar-refractivity contribution in [2.45, 2.75) is 13.8 Å². The van der Waals surface area contributed by atoms with Gasteiger partial charge in [0, 0.05) is 11.8 Å². The normalized spacial score (nSPS) is 10.1. The number of carbonyl (C=O) groups is 1. The molecular formula is C15H16N2O3. The molecule has 0 aliphatic carbocycles. The van der Waals surface area contributed by atoms with Crippen LogP contribution in [0.15, 0.2) is 42.6 Å².